The summed E-state index contributed by atoms with van der Waals surface area (Å²) in [5.74, 6) is 0.764. The summed E-state index contributed by atoms with van der Waals surface area (Å²) in [5, 5.41) is 19.5. The highest BCUT2D eigenvalue weighted by Gasteiger charge is 2.31. The molecule has 0 atom stereocenters. The van der Waals surface area contributed by atoms with Gasteiger partial charge in [0.2, 0.25) is 0 Å². The quantitative estimate of drug-likeness (QED) is 0.891. The zero-order valence-corrected chi connectivity index (χ0v) is 12.6. The van der Waals surface area contributed by atoms with Gasteiger partial charge in [0.25, 0.3) is 0 Å². The molecule has 0 radical (unpaired) electrons. The van der Waals surface area contributed by atoms with Crippen LogP contribution in [0.1, 0.15) is 24.0 Å². The van der Waals surface area contributed by atoms with E-state index in [0.717, 1.165) is 11.3 Å². The number of hydrogen-bond acceptors (Lipinski definition) is 5. The van der Waals surface area contributed by atoms with E-state index in [1.807, 2.05) is 19.2 Å². The van der Waals surface area contributed by atoms with Gasteiger partial charge < -0.3 is 14.6 Å². The van der Waals surface area contributed by atoms with Crippen molar-refractivity contribution in [2.45, 2.75) is 25.0 Å². The Morgan fingerprint density at radius 1 is 1.43 bits per heavy atom. The number of benzene rings is 1. The number of nitrogens with zero attached hydrogens (tertiary/aromatic N) is 2. The second-order valence-electron chi connectivity index (χ2n) is 5.65. The predicted molar refractivity (Wildman–Crippen MR) is 79.0 cm³/mol. The molecule has 0 unspecified atom stereocenters. The summed E-state index contributed by atoms with van der Waals surface area (Å²) in [6.45, 7) is 2.42. The van der Waals surface area contributed by atoms with Crippen LogP contribution in [0.3, 0.4) is 0 Å². The van der Waals surface area contributed by atoms with Crippen molar-refractivity contribution in [3.05, 3.63) is 29.3 Å². The molecular weight excluding hydrogens is 268 g/mol. The van der Waals surface area contributed by atoms with E-state index < -0.39 is 5.60 Å². The van der Waals surface area contributed by atoms with Crippen LogP contribution in [0.4, 0.5) is 0 Å². The van der Waals surface area contributed by atoms with Crippen LogP contribution in [0.2, 0.25) is 0 Å². The monoisotopic (exact) mass is 290 g/mol. The Hall–Kier alpha value is -1.61. The fourth-order valence-corrected chi connectivity index (χ4v) is 2.73. The van der Waals surface area contributed by atoms with Crippen molar-refractivity contribution < 1.29 is 14.6 Å². The van der Waals surface area contributed by atoms with Crippen molar-refractivity contribution >= 4 is 0 Å². The molecule has 1 aromatic rings. The molecule has 1 aliphatic heterocycles. The summed E-state index contributed by atoms with van der Waals surface area (Å²) in [6.07, 6.45) is 1.32. The number of nitriles is 1. The zero-order valence-electron chi connectivity index (χ0n) is 12.6. The molecule has 0 amide bonds. The molecule has 1 fully saturated rings. The summed E-state index contributed by atoms with van der Waals surface area (Å²) < 4.78 is 10.6. The van der Waals surface area contributed by atoms with Gasteiger partial charge in [-0.2, -0.15) is 5.26 Å². The van der Waals surface area contributed by atoms with Gasteiger partial charge >= 0.3 is 0 Å². The number of aliphatic hydroxyl groups is 1. The van der Waals surface area contributed by atoms with Gasteiger partial charge in [0.15, 0.2) is 0 Å². The third kappa shape index (κ3) is 4.18. The van der Waals surface area contributed by atoms with Crippen LogP contribution in [0.15, 0.2) is 18.2 Å². The van der Waals surface area contributed by atoms with Crippen molar-refractivity contribution in [1.82, 2.24) is 4.90 Å². The molecule has 0 aliphatic carbocycles. The Kier molecular flexibility index (Phi) is 5.18. The van der Waals surface area contributed by atoms with Gasteiger partial charge in [-0.3, -0.25) is 4.90 Å². The number of rotatable bonds is 5. The van der Waals surface area contributed by atoms with Crippen LogP contribution in [0.25, 0.3) is 0 Å². The highest BCUT2D eigenvalue weighted by Crippen LogP contribution is 2.24. The molecule has 1 heterocycles. The van der Waals surface area contributed by atoms with Crippen molar-refractivity contribution in [1.29, 1.82) is 5.26 Å². The highest BCUT2D eigenvalue weighted by molar-refractivity contribution is 5.42. The van der Waals surface area contributed by atoms with E-state index >= 15 is 0 Å². The summed E-state index contributed by atoms with van der Waals surface area (Å²) in [6, 6.07) is 7.53. The normalized spacial score (nSPS) is 17.5. The van der Waals surface area contributed by atoms with Gasteiger partial charge in [-0.15, -0.1) is 0 Å². The molecule has 5 nitrogen and oxygen atoms in total. The second kappa shape index (κ2) is 6.90. The molecule has 114 valence electrons. The smallest absolute Gasteiger partial charge is 0.123 e. The summed E-state index contributed by atoms with van der Waals surface area (Å²) in [5.41, 5.74) is 0.881. The Morgan fingerprint density at radius 3 is 2.76 bits per heavy atom. The van der Waals surface area contributed by atoms with Crippen molar-refractivity contribution in [3.63, 3.8) is 0 Å². The van der Waals surface area contributed by atoms with E-state index in [1.54, 1.807) is 13.2 Å². The van der Waals surface area contributed by atoms with Crippen LogP contribution in [0, 0.1) is 11.3 Å². The second-order valence-corrected chi connectivity index (χ2v) is 5.65. The SMILES string of the molecule is COc1ccc(C#N)cc1CN(C)CC1(O)CCOCC1. The topological polar surface area (TPSA) is 65.7 Å². The maximum Gasteiger partial charge on any atom is 0.123 e. The Morgan fingerprint density at radius 2 is 2.14 bits per heavy atom. The van der Waals surface area contributed by atoms with Crippen LogP contribution in [-0.4, -0.2) is 49.5 Å². The lowest BCUT2D eigenvalue weighted by atomic mass is 9.94. The number of likely N-dealkylation sites (N-methyl/N-ethyl adjacent to an activating group) is 1. The first kappa shape index (κ1) is 15.8. The van der Waals surface area contributed by atoms with Gasteiger partial charge in [0.1, 0.15) is 5.75 Å². The van der Waals surface area contributed by atoms with Crippen molar-refractivity contribution in [3.8, 4) is 11.8 Å². The lowest BCUT2D eigenvalue weighted by Crippen LogP contribution is -2.45. The predicted octanol–water partition coefficient (Wildman–Crippen LogP) is 1.54. The number of methoxy groups -OCH3 is 1. The largest absolute Gasteiger partial charge is 0.496 e. The van der Waals surface area contributed by atoms with Crippen LogP contribution < -0.4 is 4.74 Å². The Balaban J connectivity index is 2.05. The fourth-order valence-electron chi connectivity index (χ4n) is 2.73. The molecule has 0 bridgehead atoms. The molecule has 0 saturated carbocycles. The molecular formula is C16H22N2O3. The fraction of sp³-hybridized carbons (Fsp3) is 0.562. The van der Waals surface area contributed by atoms with E-state index in [-0.39, 0.29) is 0 Å². The van der Waals surface area contributed by atoms with E-state index in [4.69, 9.17) is 14.7 Å². The molecule has 1 aliphatic rings. The lowest BCUT2D eigenvalue weighted by molar-refractivity contribution is -0.0777. The summed E-state index contributed by atoms with van der Waals surface area (Å²) in [4.78, 5) is 2.06. The molecule has 0 aromatic heterocycles. The van der Waals surface area contributed by atoms with Crippen molar-refractivity contribution in [2.24, 2.45) is 0 Å². The minimum Gasteiger partial charge on any atom is -0.496 e. The molecule has 1 saturated heterocycles. The third-order valence-electron chi connectivity index (χ3n) is 3.84. The highest BCUT2D eigenvalue weighted by atomic mass is 16.5. The van der Waals surface area contributed by atoms with E-state index in [1.165, 1.54) is 0 Å². The third-order valence-corrected chi connectivity index (χ3v) is 3.84. The van der Waals surface area contributed by atoms with Crippen LogP contribution in [-0.2, 0) is 11.3 Å². The first-order valence-electron chi connectivity index (χ1n) is 7.12. The molecule has 1 N–H and O–H groups in total. The maximum absolute atomic E-state index is 10.5. The van der Waals surface area contributed by atoms with E-state index in [0.29, 0.717) is 44.7 Å². The number of hydrogen-bond donors (Lipinski definition) is 1. The van der Waals surface area contributed by atoms with Gasteiger partial charge in [-0.1, -0.05) is 0 Å². The summed E-state index contributed by atoms with van der Waals surface area (Å²) in [7, 11) is 3.59. The zero-order chi connectivity index (χ0) is 15.3. The molecule has 0 spiro atoms. The van der Waals surface area contributed by atoms with E-state index in [2.05, 4.69) is 11.0 Å². The molecule has 1 aromatic carbocycles. The van der Waals surface area contributed by atoms with E-state index in [9.17, 15) is 5.11 Å². The van der Waals surface area contributed by atoms with Crippen LogP contribution in [0.5, 0.6) is 5.75 Å². The average molecular weight is 290 g/mol. The first-order chi connectivity index (χ1) is 10.1. The standard InChI is InChI=1S/C16H22N2O3/c1-18(12-16(19)5-7-21-8-6-16)11-14-9-13(10-17)3-4-15(14)20-2/h3-4,9,19H,5-8,11-12H2,1-2H3. The summed E-state index contributed by atoms with van der Waals surface area (Å²) >= 11 is 0. The molecule has 5 heteroatoms. The Bertz CT molecular complexity index is 519. The maximum atomic E-state index is 10.5. The minimum absolute atomic E-state index is 0.580. The molecule has 21 heavy (non-hydrogen) atoms. The minimum atomic E-state index is -0.687. The Labute approximate surface area is 125 Å². The average Bonchev–Trinajstić information content (AvgIpc) is 2.47. The molecule has 2 rings (SSSR count). The lowest BCUT2D eigenvalue weighted by Gasteiger charge is -2.35. The number of ether oxygens (including phenoxy) is 2. The van der Waals surface area contributed by atoms with Gasteiger partial charge in [0, 0.05) is 44.7 Å². The van der Waals surface area contributed by atoms with Gasteiger partial charge in [-0.25, -0.2) is 0 Å². The van der Waals surface area contributed by atoms with Crippen molar-refractivity contribution in [2.75, 3.05) is 33.9 Å². The first-order valence-corrected chi connectivity index (χ1v) is 7.12. The van der Waals surface area contributed by atoms with Crippen LogP contribution >= 0.6 is 0 Å². The van der Waals surface area contributed by atoms with Gasteiger partial charge in [-0.05, 0) is 25.2 Å². The van der Waals surface area contributed by atoms with Gasteiger partial charge in [0.05, 0.1) is 24.3 Å².